The Labute approximate surface area is 191 Å². The maximum atomic E-state index is 13.3. The summed E-state index contributed by atoms with van der Waals surface area (Å²) in [6.45, 7) is 1.08. The molecular weight excluding hydrogens is 462 g/mol. The summed E-state index contributed by atoms with van der Waals surface area (Å²) in [6, 6.07) is 4.47. The van der Waals surface area contributed by atoms with Crippen LogP contribution in [0.1, 0.15) is 34.5 Å². The van der Waals surface area contributed by atoms with Crippen LogP contribution in [0.25, 0.3) is 0 Å². The minimum absolute atomic E-state index is 0.0192. The third kappa shape index (κ3) is 5.61. The van der Waals surface area contributed by atoms with E-state index in [4.69, 9.17) is 0 Å². The van der Waals surface area contributed by atoms with Gasteiger partial charge in [-0.05, 0) is 43.7 Å². The van der Waals surface area contributed by atoms with Gasteiger partial charge < -0.3 is 5.32 Å². The molecule has 0 bridgehead atoms. The fraction of sp³-hybridized carbons (Fsp3) is 0.364. The molecule has 0 aromatic carbocycles. The highest BCUT2D eigenvalue weighted by molar-refractivity contribution is 5.57. The van der Waals surface area contributed by atoms with Gasteiger partial charge in [-0.3, -0.25) is 9.88 Å². The maximum absolute atomic E-state index is 13.3. The molecule has 1 aliphatic rings. The van der Waals surface area contributed by atoms with Crippen molar-refractivity contribution in [3.63, 3.8) is 0 Å². The maximum Gasteiger partial charge on any atom is 0.418 e. The Morgan fingerprint density at radius 1 is 0.882 bits per heavy atom. The van der Waals surface area contributed by atoms with Crippen molar-refractivity contribution in [2.75, 3.05) is 18.4 Å². The van der Waals surface area contributed by atoms with Crippen LogP contribution in [0.2, 0.25) is 0 Å². The van der Waals surface area contributed by atoms with E-state index < -0.39 is 23.5 Å². The monoisotopic (exact) mass is 482 g/mol. The van der Waals surface area contributed by atoms with Gasteiger partial charge in [0.1, 0.15) is 18.0 Å². The van der Waals surface area contributed by atoms with Crippen molar-refractivity contribution >= 4 is 11.6 Å². The van der Waals surface area contributed by atoms with Crippen LogP contribution in [-0.4, -0.2) is 37.9 Å². The zero-order valence-corrected chi connectivity index (χ0v) is 17.8. The third-order valence-corrected chi connectivity index (χ3v) is 5.51. The lowest BCUT2D eigenvalue weighted by molar-refractivity contribution is -0.139. The summed E-state index contributed by atoms with van der Waals surface area (Å²) in [5, 5.41) is 2.96. The molecule has 4 rings (SSSR count). The van der Waals surface area contributed by atoms with Crippen LogP contribution in [0.5, 0.6) is 0 Å². The van der Waals surface area contributed by atoms with Crippen molar-refractivity contribution in [2.45, 2.75) is 38.2 Å². The number of pyridine rings is 2. The van der Waals surface area contributed by atoms with Gasteiger partial charge in [0, 0.05) is 37.5 Å². The molecule has 0 fully saturated rings. The van der Waals surface area contributed by atoms with Crippen LogP contribution in [0.3, 0.4) is 0 Å². The van der Waals surface area contributed by atoms with Crippen molar-refractivity contribution in [1.29, 1.82) is 0 Å². The van der Waals surface area contributed by atoms with Gasteiger partial charge in [-0.2, -0.15) is 26.3 Å². The molecule has 0 amide bonds. The molecule has 1 N–H and O–H groups in total. The fourth-order valence-electron chi connectivity index (χ4n) is 3.84. The first-order chi connectivity index (χ1) is 16.1. The summed E-state index contributed by atoms with van der Waals surface area (Å²) in [6.07, 6.45) is -3.86. The van der Waals surface area contributed by atoms with Gasteiger partial charge in [0.2, 0.25) is 0 Å². The summed E-state index contributed by atoms with van der Waals surface area (Å²) >= 11 is 0. The van der Waals surface area contributed by atoms with Gasteiger partial charge in [-0.15, -0.1) is 0 Å². The van der Waals surface area contributed by atoms with Gasteiger partial charge in [0.05, 0.1) is 22.5 Å². The zero-order valence-electron chi connectivity index (χ0n) is 17.8. The molecule has 0 unspecified atom stereocenters. The van der Waals surface area contributed by atoms with Crippen LogP contribution >= 0.6 is 0 Å². The molecule has 0 atom stereocenters. The zero-order chi connectivity index (χ0) is 24.3. The van der Waals surface area contributed by atoms with E-state index in [0.717, 1.165) is 29.6 Å². The van der Waals surface area contributed by atoms with Gasteiger partial charge in [-0.25, -0.2) is 15.0 Å². The first kappa shape index (κ1) is 23.9. The number of nitrogens with zero attached hydrogens (tertiary/aromatic N) is 5. The Morgan fingerprint density at radius 3 is 2.41 bits per heavy atom. The van der Waals surface area contributed by atoms with Crippen molar-refractivity contribution in [3.05, 3.63) is 71.1 Å². The third-order valence-electron chi connectivity index (χ3n) is 5.51. The average Bonchev–Trinajstić information content (AvgIpc) is 2.76. The van der Waals surface area contributed by atoms with Crippen LogP contribution in [0.15, 0.2) is 43.0 Å². The molecule has 180 valence electrons. The largest absolute Gasteiger partial charge is 0.418 e. The Morgan fingerprint density at radius 2 is 1.71 bits per heavy atom. The van der Waals surface area contributed by atoms with Crippen molar-refractivity contribution < 1.29 is 26.3 Å². The van der Waals surface area contributed by atoms with E-state index in [0.29, 0.717) is 38.2 Å². The van der Waals surface area contributed by atoms with E-state index in [1.807, 2.05) is 4.90 Å². The predicted molar refractivity (Wildman–Crippen MR) is 111 cm³/mol. The molecule has 0 aliphatic carbocycles. The van der Waals surface area contributed by atoms with Gasteiger partial charge >= 0.3 is 12.4 Å². The second-order valence-electron chi connectivity index (χ2n) is 7.83. The van der Waals surface area contributed by atoms with Crippen molar-refractivity contribution in [3.8, 4) is 0 Å². The molecule has 0 radical (unpaired) electrons. The quantitative estimate of drug-likeness (QED) is 0.526. The number of nitrogens with one attached hydrogen (secondary N) is 1. The van der Waals surface area contributed by atoms with E-state index in [-0.39, 0.29) is 18.1 Å². The molecule has 0 saturated heterocycles. The highest BCUT2D eigenvalue weighted by Gasteiger charge is 2.34. The smallest absolute Gasteiger partial charge is 0.325 e. The second-order valence-corrected chi connectivity index (χ2v) is 7.83. The highest BCUT2D eigenvalue weighted by atomic mass is 19.4. The van der Waals surface area contributed by atoms with Gasteiger partial charge in [-0.1, -0.05) is 0 Å². The normalized spacial score (nSPS) is 15.4. The molecule has 3 aromatic heterocycles. The number of hydrogen-bond acceptors (Lipinski definition) is 6. The standard InChI is InChI=1S/C22H20F6N6/c23-21(24,25)14-5-6-19(30-11-14)33-20-15-3-2-9-34(10-7-17(15)31-13-32-20)12-18-16(22(26,27)28)4-1-8-29-18/h1,4-6,8,11,13H,2-3,7,9-10,12H2,(H,30,31,32,33). The summed E-state index contributed by atoms with van der Waals surface area (Å²) < 4.78 is 78.2. The van der Waals surface area contributed by atoms with Crippen LogP contribution in [0.4, 0.5) is 38.0 Å². The van der Waals surface area contributed by atoms with Crippen molar-refractivity contribution in [2.24, 2.45) is 0 Å². The lowest BCUT2D eigenvalue weighted by atomic mass is 10.0. The molecule has 1 aliphatic heterocycles. The lowest BCUT2D eigenvalue weighted by Gasteiger charge is -2.26. The molecule has 4 heterocycles. The minimum Gasteiger partial charge on any atom is -0.325 e. The Balaban J connectivity index is 1.48. The lowest BCUT2D eigenvalue weighted by Crippen LogP contribution is -2.31. The molecule has 12 heteroatoms. The van der Waals surface area contributed by atoms with E-state index in [2.05, 4.69) is 25.3 Å². The molecule has 3 aromatic rings. The molecule has 34 heavy (non-hydrogen) atoms. The van der Waals surface area contributed by atoms with E-state index >= 15 is 0 Å². The van der Waals surface area contributed by atoms with Gasteiger partial charge in [0.25, 0.3) is 0 Å². The molecule has 0 spiro atoms. The first-order valence-electron chi connectivity index (χ1n) is 10.5. The van der Waals surface area contributed by atoms with Crippen molar-refractivity contribution in [1.82, 2.24) is 24.8 Å². The number of halogens is 6. The fourth-order valence-corrected chi connectivity index (χ4v) is 3.84. The summed E-state index contributed by atoms with van der Waals surface area (Å²) in [5.74, 6) is 0.669. The topological polar surface area (TPSA) is 66.8 Å². The Kier molecular flexibility index (Phi) is 6.69. The SMILES string of the molecule is FC(F)(F)c1ccc(Nc2ncnc3c2CCCN(Cc2ncccc2C(F)(F)F)CC3)nc1. The second kappa shape index (κ2) is 9.53. The Hall–Kier alpha value is -3.28. The first-order valence-corrected chi connectivity index (χ1v) is 10.5. The molecular formula is C22H20F6N6. The number of rotatable bonds is 4. The number of anilines is 2. The number of hydrogen-bond donors (Lipinski definition) is 1. The summed E-state index contributed by atoms with van der Waals surface area (Å²) in [4.78, 5) is 18.2. The molecule has 6 nitrogen and oxygen atoms in total. The van der Waals surface area contributed by atoms with E-state index in [1.54, 1.807) is 0 Å². The highest BCUT2D eigenvalue weighted by Crippen LogP contribution is 2.32. The van der Waals surface area contributed by atoms with Gasteiger partial charge in [0.15, 0.2) is 0 Å². The number of alkyl halides is 6. The number of fused-ring (bicyclic) bond motifs is 1. The van der Waals surface area contributed by atoms with Crippen LogP contribution in [0, 0.1) is 0 Å². The summed E-state index contributed by atoms with van der Waals surface area (Å²) in [5.41, 5.74) is -0.0638. The van der Waals surface area contributed by atoms with Crippen LogP contribution in [-0.2, 0) is 31.7 Å². The predicted octanol–water partition coefficient (Wildman–Crippen LogP) is 5.04. The summed E-state index contributed by atoms with van der Waals surface area (Å²) in [7, 11) is 0. The Bertz CT molecular complexity index is 1130. The van der Waals surface area contributed by atoms with E-state index in [9.17, 15) is 26.3 Å². The van der Waals surface area contributed by atoms with E-state index in [1.165, 1.54) is 24.7 Å². The number of aromatic nitrogens is 4. The molecule has 0 saturated carbocycles. The average molecular weight is 482 g/mol. The minimum atomic E-state index is -4.47. The van der Waals surface area contributed by atoms with Crippen LogP contribution < -0.4 is 5.32 Å².